The standard InChI is InChI=1S/C46H28O/c1-2-13-29(14-3-1)41-28-32(27-31-16-5-6-17-33(31)41)43-35-19-8-10-21-37(35)44(38-22-11-9-20-36(38)43)39-23-12-24-42-45(39)40-26-25-30-15-4-7-18-34(30)46(40)47-42/h1-28H/i4D,7D,12D,15D,18D,23D,24D,25D,26D. The third-order valence-corrected chi connectivity index (χ3v) is 9.17. The molecule has 9 aromatic carbocycles. The summed E-state index contributed by atoms with van der Waals surface area (Å²) >= 11 is 0. The van der Waals surface area contributed by atoms with Gasteiger partial charge in [-0.3, -0.25) is 0 Å². The zero-order valence-corrected chi connectivity index (χ0v) is 24.9. The van der Waals surface area contributed by atoms with E-state index < -0.39 is 36.3 Å². The molecule has 1 aromatic heterocycles. The first kappa shape index (κ1) is 18.7. The van der Waals surface area contributed by atoms with Gasteiger partial charge in [0.1, 0.15) is 11.2 Å². The van der Waals surface area contributed by atoms with E-state index in [0.717, 1.165) is 54.6 Å². The topological polar surface area (TPSA) is 13.1 Å². The van der Waals surface area contributed by atoms with Crippen LogP contribution in [0.25, 0.3) is 98.4 Å². The van der Waals surface area contributed by atoms with Crippen molar-refractivity contribution in [3.05, 3.63) is 170 Å². The molecule has 0 radical (unpaired) electrons. The molecular weight excluding hydrogens is 569 g/mol. The highest BCUT2D eigenvalue weighted by Crippen LogP contribution is 2.48. The van der Waals surface area contributed by atoms with Crippen molar-refractivity contribution in [1.29, 1.82) is 0 Å². The summed E-state index contributed by atoms with van der Waals surface area (Å²) in [4.78, 5) is 0. The van der Waals surface area contributed by atoms with Gasteiger partial charge in [-0.1, -0.05) is 145 Å². The lowest BCUT2D eigenvalue weighted by molar-refractivity contribution is 0.673. The first-order valence-electron chi connectivity index (χ1n) is 20.0. The molecule has 0 bridgehead atoms. The van der Waals surface area contributed by atoms with E-state index in [0.29, 0.717) is 5.56 Å². The SMILES string of the molecule is [2H]c1c([2H])c(-c2c3ccccc3c(-c3cc(-c4ccccc4)c4ccccc4c3)c3ccccc23)c2c(oc3c4c([2H])c([2H])c([2H])c([2H])c4c([2H])c([2H])c32)c1[2H]. The predicted molar refractivity (Wildman–Crippen MR) is 200 cm³/mol. The lowest BCUT2D eigenvalue weighted by Gasteiger charge is -2.19. The smallest absolute Gasteiger partial charge is 0.143 e. The van der Waals surface area contributed by atoms with Crippen molar-refractivity contribution in [1.82, 2.24) is 0 Å². The monoisotopic (exact) mass is 605 g/mol. The molecule has 0 amide bonds. The third kappa shape index (κ3) is 3.90. The average Bonchev–Trinajstić information content (AvgIpc) is 3.62. The van der Waals surface area contributed by atoms with Crippen molar-refractivity contribution in [2.75, 3.05) is 0 Å². The minimum absolute atomic E-state index is 0.0544. The molecule has 1 heterocycles. The maximum Gasteiger partial charge on any atom is 0.143 e. The number of rotatable bonds is 3. The fourth-order valence-electron chi connectivity index (χ4n) is 7.18. The van der Waals surface area contributed by atoms with Crippen molar-refractivity contribution >= 4 is 65.0 Å². The fourth-order valence-corrected chi connectivity index (χ4v) is 7.18. The zero-order chi connectivity index (χ0) is 38.7. The largest absolute Gasteiger partial charge is 0.455 e. The van der Waals surface area contributed by atoms with Crippen LogP contribution in [-0.2, 0) is 0 Å². The van der Waals surface area contributed by atoms with Crippen molar-refractivity contribution in [2.45, 2.75) is 0 Å². The molecule has 0 spiro atoms. The number of fused-ring (bicyclic) bond motifs is 8. The van der Waals surface area contributed by atoms with Crippen LogP contribution in [0.2, 0.25) is 0 Å². The Balaban J connectivity index is 1.40. The molecule has 10 aromatic rings. The quantitative estimate of drug-likeness (QED) is 0.183. The maximum absolute atomic E-state index is 9.50. The molecule has 1 heteroatoms. The van der Waals surface area contributed by atoms with Crippen molar-refractivity contribution < 1.29 is 16.8 Å². The van der Waals surface area contributed by atoms with E-state index in [1.165, 1.54) is 0 Å². The second kappa shape index (κ2) is 10.2. The van der Waals surface area contributed by atoms with Gasteiger partial charge in [0, 0.05) is 16.2 Å². The van der Waals surface area contributed by atoms with Gasteiger partial charge in [-0.05, 0) is 95.3 Å². The maximum atomic E-state index is 9.50. The van der Waals surface area contributed by atoms with Crippen LogP contribution >= 0.6 is 0 Å². The lowest BCUT2D eigenvalue weighted by atomic mass is 9.83. The van der Waals surface area contributed by atoms with E-state index in [2.05, 4.69) is 36.4 Å². The minimum atomic E-state index is -0.532. The van der Waals surface area contributed by atoms with Gasteiger partial charge in [-0.25, -0.2) is 0 Å². The molecule has 0 atom stereocenters. The average molecular weight is 606 g/mol. The Morgan fingerprint density at radius 3 is 1.83 bits per heavy atom. The Morgan fingerprint density at radius 2 is 1.06 bits per heavy atom. The molecule has 0 fully saturated rings. The summed E-state index contributed by atoms with van der Waals surface area (Å²) in [5.41, 5.74) is 4.79. The summed E-state index contributed by atoms with van der Waals surface area (Å²) < 4.78 is 86.3. The summed E-state index contributed by atoms with van der Waals surface area (Å²) in [6.07, 6.45) is 0. The third-order valence-electron chi connectivity index (χ3n) is 9.17. The van der Waals surface area contributed by atoms with Crippen LogP contribution in [0.3, 0.4) is 0 Å². The van der Waals surface area contributed by atoms with E-state index >= 15 is 0 Å². The Morgan fingerprint density at radius 1 is 0.404 bits per heavy atom. The van der Waals surface area contributed by atoms with Gasteiger partial charge < -0.3 is 4.42 Å². The number of furan rings is 1. The molecule has 0 N–H and O–H groups in total. The van der Waals surface area contributed by atoms with Crippen LogP contribution in [0.1, 0.15) is 12.3 Å². The van der Waals surface area contributed by atoms with Crippen LogP contribution in [-0.4, -0.2) is 0 Å². The van der Waals surface area contributed by atoms with Crippen molar-refractivity contribution in [3.8, 4) is 33.4 Å². The molecule has 47 heavy (non-hydrogen) atoms. The van der Waals surface area contributed by atoms with E-state index in [1.54, 1.807) is 0 Å². The molecule has 0 aliphatic carbocycles. The van der Waals surface area contributed by atoms with E-state index in [4.69, 9.17) is 14.0 Å². The molecule has 0 aliphatic rings. The Labute approximate surface area is 284 Å². The van der Waals surface area contributed by atoms with Crippen LogP contribution in [0.15, 0.2) is 174 Å². The van der Waals surface area contributed by atoms with E-state index in [-0.39, 0.29) is 56.4 Å². The highest BCUT2D eigenvalue weighted by Gasteiger charge is 2.21. The predicted octanol–water partition coefficient (Wildman–Crippen LogP) is 13.2. The van der Waals surface area contributed by atoms with E-state index in [1.807, 2.05) is 78.9 Å². The Kier molecular flexibility index (Phi) is 4.05. The molecule has 0 saturated heterocycles. The molecule has 0 saturated carbocycles. The van der Waals surface area contributed by atoms with Crippen molar-refractivity contribution in [3.63, 3.8) is 0 Å². The number of hydrogen-bond acceptors (Lipinski definition) is 1. The number of benzene rings is 9. The van der Waals surface area contributed by atoms with Crippen LogP contribution in [0.5, 0.6) is 0 Å². The van der Waals surface area contributed by atoms with Gasteiger partial charge in [0.2, 0.25) is 0 Å². The Bertz CT molecular complexity index is 3300. The second-order valence-corrected chi connectivity index (χ2v) is 11.7. The molecular formula is C46H28O. The summed E-state index contributed by atoms with van der Waals surface area (Å²) in [7, 11) is 0. The molecule has 1 nitrogen and oxygen atoms in total. The van der Waals surface area contributed by atoms with Gasteiger partial charge >= 0.3 is 0 Å². The molecule has 0 unspecified atom stereocenters. The first-order valence-corrected chi connectivity index (χ1v) is 15.5. The summed E-state index contributed by atoms with van der Waals surface area (Å²) in [5, 5.41) is 5.47. The van der Waals surface area contributed by atoms with Gasteiger partial charge in [0.05, 0.1) is 12.3 Å². The normalized spacial score (nSPS) is 14.5. The molecule has 218 valence electrons. The van der Waals surface area contributed by atoms with E-state index in [9.17, 15) is 2.74 Å². The molecule has 0 aliphatic heterocycles. The number of hydrogen-bond donors (Lipinski definition) is 0. The molecule has 10 rings (SSSR count). The summed E-state index contributed by atoms with van der Waals surface area (Å²) in [6, 6.07) is 35.0. The zero-order valence-electron chi connectivity index (χ0n) is 33.9. The van der Waals surface area contributed by atoms with Crippen LogP contribution in [0.4, 0.5) is 0 Å². The minimum Gasteiger partial charge on any atom is -0.455 e. The van der Waals surface area contributed by atoms with Gasteiger partial charge in [-0.2, -0.15) is 0 Å². The Hall–Kier alpha value is -6.18. The fraction of sp³-hybridized carbons (Fsp3) is 0. The van der Waals surface area contributed by atoms with Crippen LogP contribution < -0.4 is 0 Å². The van der Waals surface area contributed by atoms with Gasteiger partial charge in [0.25, 0.3) is 0 Å². The van der Waals surface area contributed by atoms with Crippen molar-refractivity contribution in [2.24, 2.45) is 0 Å². The van der Waals surface area contributed by atoms with Gasteiger partial charge in [0.15, 0.2) is 0 Å². The highest BCUT2D eigenvalue weighted by molar-refractivity contribution is 6.27. The highest BCUT2D eigenvalue weighted by atomic mass is 16.3. The van der Waals surface area contributed by atoms with Crippen LogP contribution in [0, 0.1) is 0 Å². The summed E-state index contributed by atoms with van der Waals surface area (Å²) in [5.74, 6) is 0. The first-order chi connectivity index (χ1) is 27.1. The summed E-state index contributed by atoms with van der Waals surface area (Å²) in [6.45, 7) is 0. The second-order valence-electron chi connectivity index (χ2n) is 11.7. The lowest BCUT2D eigenvalue weighted by Crippen LogP contribution is -1.92. The van der Waals surface area contributed by atoms with Gasteiger partial charge in [-0.15, -0.1) is 0 Å².